The Labute approximate surface area is 199 Å². The SMILES string of the molecule is O=C(CN1CC[C@H]2C(C[C@@H]2OC(=O)C2(c3cccs3)CCCCCC2)C1)Nc1cnccn1. The molecule has 2 aliphatic carbocycles. The molecule has 33 heavy (non-hydrogen) atoms. The Morgan fingerprint density at radius 1 is 1.21 bits per heavy atom. The van der Waals surface area contributed by atoms with Crippen LogP contribution in [0.3, 0.4) is 0 Å². The summed E-state index contributed by atoms with van der Waals surface area (Å²) in [5.41, 5.74) is -0.450. The molecule has 1 aliphatic heterocycles. The van der Waals surface area contributed by atoms with E-state index in [4.69, 9.17) is 4.74 Å². The zero-order valence-corrected chi connectivity index (χ0v) is 19.8. The Bertz CT molecular complexity index is 944. The van der Waals surface area contributed by atoms with Crippen LogP contribution in [0, 0.1) is 11.8 Å². The minimum atomic E-state index is -0.450. The van der Waals surface area contributed by atoms with Crippen LogP contribution in [-0.4, -0.2) is 52.5 Å². The summed E-state index contributed by atoms with van der Waals surface area (Å²) < 4.78 is 6.23. The van der Waals surface area contributed by atoms with Crippen molar-refractivity contribution >= 4 is 29.0 Å². The van der Waals surface area contributed by atoms with Crippen molar-refractivity contribution in [1.82, 2.24) is 14.9 Å². The summed E-state index contributed by atoms with van der Waals surface area (Å²) in [5.74, 6) is 1.32. The average molecular weight is 469 g/mol. The van der Waals surface area contributed by atoms with E-state index in [0.717, 1.165) is 51.6 Å². The molecule has 0 radical (unpaired) electrons. The highest BCUT2D eigenvalue weighted by Gasteiger charge is 2.50. The third-order valence-corrected chi connectivity index (χ3v) is 8.76. The first-order valence-electron chi connectivity index (χ1n) is 12.2. The molecule has 1 N–H and O–H groups in total. The van der Waals surface area contributed by atoms with Gasteiger partial charge in [-0.2, -0.15) is 0 Å². The van der Waals surface area contributed by atoms with Crippen molar-refractivity contribution in [3.63, 3.8) is 0 Å². The maximum atomic E-state index is 13.5. The van der Waals surface area contributed by atoms with E-state index in [0.29, 0.717) is 24.2 Å². The van der Waals surface area contributed by atoms with Gasteiger partial charge in [-0.05, 0) is 49.6 Å². The summed E-state index contributed by atoms with van der Waals surface area (Å²) in [4.78, 5) is 37.3. The summed E-state index contributed by atoms with van der Waals surface area (Å²) in [7, 11) is 0. The van der Waals surface area contributed by atoms with Gasteiger partial charge < -0.3 is 10.1 Å². The number of anilines is 1. The van der Waals surface area contributed by atoms with Crippen LogP contribution in [0.25, 0.3) is 0 Å². The molecular weight excluding hydrogens is 436 g/mol. The van der Waals surface area contributed by atoms with Gasteiger partial charge in [0.25, 0.3) is 0 Å². The molecule has 3 heterocycles. The predicted molar refractivity (Wildman–Crippen MR) is 127 cm³/mol. The first kappa shape index (κ1) is 22.5. The van der Waals surface area contributed by atoms with E-state index in [9.17, 15) is 9.59 Å². The molecule has 1 saturated heterocycles. The summed E-state index contributed by atoms with van der Waals surface area (Å²) >= 11 is 1.69. The van der Waals surface area contributed by atoms with Crippen LogP contribution in [0.1, 0.15) is 56.2 Å². The molecule has 3 aliphatic rings. The van der Waals surface area contributed by atoms with E-state index in [1.54, 1.807) is 29.9 Å². The predicted octanol–water partition coefficient (Wildman–Crippen LogP) is 4.02. The average Bonchev–Trinajstić information content (AvgIpc) is 3.23. The molecule has 3 fully saturated rings. The molecule has 5 rings (SSSR count). The summed E-state index contributed by atoms with van der Waals surface area (Å²) in [6, 6.07) is 4.17. The van der Waals surface area contributed by atoms with Gasteiger partial charge in [0, 0.05) is 29.7 Å². The normalized spacial score (nSPS) is 27.0. The van der Waals surface area contributed by atoms with Crippen molar-refractivity contribution in [2.45, 2.75) is 62.9 Å². The Hall–Kier alpha value is -2.32. The second-order valence-corrected chi connectivity index (χ2v) is 10.7. The quantitative estimate of drug-likeness (QED) is 0.509. The number of esters is 1. The lowest BCUT2D eigenvalue weighted by atomic mass is 9.67. The molecule has 0 spiro atoms. The van der Waals surface area contributed by atoms with Gasteiger partial charge in [-0.3, -0.25) is 19.5 Å². The number of aromatic nitrogens is 2. The third kappa shape index (κ3) is 4.82. The lowest BCUT2D eigenvalue weighted by Gasteiger charge is -2.50. The first-order chi connectivity index (χ1) is 16.1. The lowest BCUT2D eigenvalue weighted by Crippen LogP contribution is -2.56. The third-order valence-electron chi connectivity index (χ3n) is 7.69. The van der Waals surface area contributed by atoms with E-state index in [1.807, 2.05) is 0 Å². The van der Waals surface area contributed by atoms with Crippen LogP contribution in [0.4, 0.5) is 5.82 Å². The molecule has 2 saturated carbocycles. The van der Waals surface area contributed by atoms with Crippen molar-refractivity contribution < 1.29 is 14.3 Å². The summed E-state index contributed by atoms with van der Waals surface area (Å²) in [6.45, 7) is 2.08. The smallest absolute Gasteiger partial charge is 0.317 e. The Balaban J connectivity index is 1.15. The second kappa shape index (κ2) is 9.89. The van der Waals surface area contributed by atoms with E-state index >= 15 is 0 Å². The maximum absolute atomic E-state index is 13.5. The molecule has 7 nitrogen and oxygen atoms in total. The highest BCUT2D eigenvalue weighted by Crippen LogP contribution is 2.46. The molecule has 8 heteroatoms. The Morgan fingerprint density at radius 2 is 2.06 bits per heavy atom. The Morgan fingerprint density at radius 3 is 2.76 bits per heavy atom. The van der Waals surface area contributed by atoms with Gasteiger partial charge in [0.1, 0.15) is 11.5 Å². The van der Waals surface area contributed by atoms with Crippen LogP contribution in [0.5, 0.6) is 0 Å². The fraction of sp³-hybridized carbons (Fsp3) is 0.600. The van der Waals surface area contributed by atoms with Crippen molar-refractivity contribution in [1.29, 1.82) is 0 Å². The number of hydrogen-bond donors (Lipinski definition) is 1. The highest BCUT2D eigenvalue weighted by atomic mass is 32.1. The highest BCUT2D eigenvalue weighted by molar-refractivity contribution is 7.10. The van der Waals surface area contributed by atoms with E-state index in [2.05, 4.69) is 37.7 Å². The zero-order valence-electron chi connectivity index (χ0n) is 18.9. The number of nitrogens with zero attached hydrogens (tertiary/aromatic N) is 3. The van der Waals surface area contributed by atoms with E-state index in [-0.39, 0.29) is 18.0 Å². The number of amides is 1. The number of fused-ring (bicyclic) bond motifs is 1. The van der Waals surface area contributed by atoms with Crippen molar-refractivity contribution in [3.05, 3.63) is 41.0 Å². The first-order valence-corrected chi connectivity index (χ1v) is 13.1. The van der Waals surface area contributed by atoms with Crippen molar-refractivity contribution in [2.75, 3.05) is 25.0 Å². The number of hydrogen-bond acceptors (Lipinski definition) is 7. The number of likely N-dealkylation sites (tertiary alicyclic amines) is 1. The van der Waals surface area contributed by atoms with E-state index < -0.39 is 5.41 Å². The maximum Gasteiger partial charge on any atom is 0.317 e. The minimum Gasteiger partial charge on any atom is -0.461 e. The topological polar surface area (TPSA) is 84.4 Å². The largest absolute Gasteiger partial charge is 0.461 e. The molecule has 1 unspecified atom stereocenters. The zero-order chi connectivity index (χ0) is 22.7. The molecule has 0 bridgehead atoms. The summed E-state index contributed by atoms with van der Waals surface area (Å²) in [6.07, 6.45) is 13.0. The molecule has 3 atom stereocenters. The fourth-order valence-corrected chi connectivity index (χ4v) is 6.83. The van der Waals surface area contributed by atoms with E-state index in [1.165, 1.54) is 17.7 Å². The van der Waals surface area contributed by atoms with Crippen LogP contribution >= 0.6 is 11.3 Å². The monoisotopic (exact) mass is 468 g/mol. The van der Waals surface area contributed by atoms with Gasteiger partial charge in [-0.15, -0.1) is 11.3 Å². The fourth-order valence-electron chi connectivity index (χ4n) is 5.85. The number of nitrogens with one attached hydrogen (secondary N) is 1. The molecule has 1 amide bonds. The van der Waals surface area contributed by atoms with Crippen molar-refractivity contribution in [3.8, 4) is 0 Å². The molecule has 2 aromatic rings. The summed E-state index contributed by atoms with van der Waals surface area (Å²) in [5, 5.41) is 4.88. The van der Waals surface area contributed by atoms with Crippen LogP contribution in [-0.2, 0) is 19.7 Å². The number of carbonyl (C=O) groups excluding carboxylic acids is 2. The Kier molecular flexibility index (Phi) is 6.74. The number of piperidine rings is 1. The minimum absolute atomic E-state index is 0.000998. The molecule has 176 valence electrons. The lowest BCUT2D eigenvalue weighted by molar-refractivity contribution is -0.176. The van der Waals surface area contributed by atoms with Crippen LogP contribution in [0.15, 0.2) is 36.1 Å². The molecular formula is C25H32N4O3S. The molecule has 0 aromatic carbocycles. The van der Waals surface area contributed by atoms with Crippen LogP contribution in [0.2, 0.25) is 0 Å². The number of ether oxygens (including phenoxy) is 1. The van der Waals surface area contributed by atoms with Gasteiger partial charge in [0.05, 0.1) is 12.7 Å². The van der Waals surface area contributed by atoms with Crippen molar-refractivity contribution in [2.24, 2.45) is 11.8 Å². The standard InChI is InChI=1S/C25H32N4O3S/c30-23(28-22-15-26-10-11-27-22)17-29-12-7-19-18(16-29)14-20(19)32-24(31)25(21-6-5-13-33-21)8-3-1-2-4-9-25/h5-6,10-11,13,15,18-20H,1-4,7-9,12,14,16-17H2,(H,27,28,30)/t18?,19-,20-/m0/s1. The van der Waals surface area contributed by atoms with Gasteiger partial charge in [-0.25, -0.2) is 4.98 Å². The number of rotatable bonds is 6. The van der Waals surface area contributed by atoms with Crippen LogP contribution < -0.4 is 5.32 Å². The van der Waals surface area contributed by atoms with Gasteiger partial charge in [0.2, 0.25) is 5.91 Å². The second-order valence-electron chi connectivity index (χ2n) is 9.74. The van der Waals surface area contributed by atoms with Gasteiger partial charge >= 0.3 is 5.97 Å². The number of carbonyl (C=O) groups is 2. The van der Waals surface area contributed by atoms with Gasteiger partial charge in [0.15, 0.2) is 5.82 Å². The number of thiophene rings is 1. The van der Waals surface area contributed by atoms with Gasteiger partial charge in [-0.1, -0.05) is 31.7 Å². The molecule has 2 aromatic heterocycles.